The first-order valence-corrected chi connectivity index (χ1v) is 8.65. The molecule has 0 radical (unpaired) electrons. The Balaban J connectivity index is 1.60. The molecule has 0 aliphatic rings. The molecule has 5 nitrogen and oxygen atoms in total. The molecule has 3 rings (SSSR count). The van der Waals surface area contributed by atoms with E-state index in [2.05, 4.69) is 9.97 Å². The lowest BCUT2D eigenvalue weighted by atomic mass is 10.2. The Morgan fingerprint density at radius 3 is 2.88 bits per heavy atom. The molecule has 0 saturated carbocycles. The second-order valence-corrected chi connectivity index (χ2v) is 6.51. The van der Waals surface area contributed by atoms with E-state index in [1.54, 1.807) is 29.5 Å². The van der Waals surface area contributed by atoms with E-state index in [4.69, 9.17) is 4.42 Å². The molecule has 0 aliphatic heterocycles. The quantitative estimate of drug-likeness (QED) is 0.690. The average Bonchev–Trinajstić information content (AvgIpc) is 3.24. The van der Waals surface area contributed by atoms with Crippen LogP contribution in [0.2, 0.25) is 0 Å². The van der Waals surface area contributed by atoms with Crippen molar-refractivity contribution in [2.24, 2.45) is 0 Å². The number of likely N-dealkylation sites (N-methyl/N-ethyl adjacent to an activating group) is 1. The molecular weight excluding hydrogens is 322 g/mol. The maximum absolute atomic E-state index is 12.4. The number of carbonyl (C=O) groups excluding carboxylic acids is 1. The van der Waals surface area contributed by atoms with Crippen LogP contribution in [-0.2, 0) is 17.6 Å². The normalized spacial score (nSPS) is 10.8. The highest BCUT2D eigenvalue weighted by Gasteiger charge is 2.17. The lowest BCUT2D eigenvalue weighted by molar-refractivity contribution is -0.129. The van der Waals surface area contributed by atoms with Crippen LogP contribution < -0.4 is 0 Å². The summed E-state index contributed by atoms with van der Waals surface area (Å²) in [7, 11) is 1.81. The molecule has 0 saturated heterocycles. The van der Waals surface area contributed by atoms with Gasteiger partial charge in [-0.25, -0.2) is 4.98 Å². The number of thiophene rings is 1. The molecule has 0 aromatic carbocycles. The summed E-state index contributed by atoms with van der Waals surface area (Å²) in [5.74, 6) is 1.31. The number of nitrogens with zero attached hydrogens (tertiary/aromatic N) is 3. The van der Waals surface area contributed by atoms with Crippen LogP contribution in [0.15, 0.2) is 46.3 Å². The molecule has 124 valence electrons. The molecule has 1 amide bonds. The van der Waals surface area contributed by atoms with Crippen molar-refractivity contribution in [1.29, 1.82) is 0 Å². The predicted octanol–water partition coefficient (Wildman–Crippen LogP) is 3.35. The lowest BCUT2D eigenvalue weighted by Crippen LogP contribution is -2.30. The molecule has 3 aromatic rings. The summed E-state index contributed by atoms with van der Waals surface area (Å²) in [6.45, 7) is 2.48. The van der Waals surface area contributed by atoms with Gasteiger partial charge in [0.15, 0.2) is 0 Å². The van der Waals surface area contributed by atoms with Crippen molar-refractivity contribution in [3.63, 3.8) is 0 Å². The zero-order valence-electron chi connectivity index (χ0n) is 13.7. The first-order valence-electron chi connectivity index (χ1n) is 7.77. The fourth-order valence-electron chi connectivity index (χ4n) is 2.33. The number of aryl methyl sites for hydroxylation is 1. The lowest BCUT2D eigenvalue weighted by Gasteiger charge is -2.16. The number of amides is 1. The highest BCUT2D eigenvalue weighted by Crippen LogP contribution is 2.26. The van der Waals surface area contributed by atoms with E-state index in [-0.39, 0.29) is 12.3 Å². The fourth-order valence-corrected chi connectivity index (χ4v) is 2.98. The fraction of sp³-hybridized carbons (Fsp3) is 0.278. The highest BCUT2D eigenvalue weighted by molar-refractivity contribution is 7.13. The van der Waals surface area contributed by atoms with E-state index in [1.807, 2.05) is 42.6 Å². The Labute approximate surface area is 145 Å². The Bertz CT molecular complexity index is 797. The third-order valence-corrected chi connectivity index (χ3v) is 4.66. The summed E-state index contributed by atoms with van der Waals surface area (Å²) < 4.78 is 5.69. The standard InChI is InChI=1S/C18H19N3O2S/c1-13-15(20-18(23-13)16-7-5-11-24-16)12-17(22)21(2)10-8-14-6-3-4-9-19-14/h3-7,9,11H,8,10,12H2,1-2H3. The van der Waals surface area contributed by atoms with E-state index < -0.39 is 0 Å². The van der Waals surface area contributed by atoms with Gasteiger partial charge in [-0.3, -0.25) is 9.78 Å². The Hall–Kier alpha value is -2.47. The number of carbonyl (C=O) groups is 1. The maximum atomic E-state index is 12.4. The van der Waals surface area contributed by atoms with Gasteiger partial charge < -0.3 is 9.32 Å². The minimum atomic E-state index is 0.0278. The van der Waals surface area contributed by atoms with Crippen molar-refractivity contribution >= 4 is 17.2 Å². The Morgan fingerprint density at radius 2 is 2.17 bits per heavy atom. The second-order valence-electron chi connectivity index (χ2n) is 5.56. The third-order valence-electron chi connectivity index (χ3n) is 3.80. The molecule has 0 spiro atoms. The summed E-state index contributed by atoms with van der Waals surface area (Å²) in [6.07, 6.45) is 2.75. The maximum Gasteiger partial charge on any atom is 0.236 e. The minimum absolute atomic E-state index is 0.0278. The molecule has 6 heteroatoms. The molecule has 0 N–H and O–H groups in total. The zero-order valence-corrected chi connectivity index (χ0v) is 14.5. The van der Waals surface area contributed by atoms with Gasteiger partial charge in [-0.05, 0) is 30.5 Å². The van der Waals surface area contributed by atoms with Crippen LogP contribution in [0.5, 0.6) is 0 Å². The van der Waals surface area contributed by atoms with Gasteiger partial charge in [-0.1, -0.05) is 12.1 Å². The van der Waals surface area contributed by atoms with E-state index in [9.17, 15) is 4.79 Å². The van der Waals surface area contributed by atoms with Gasteiger partial charge in [0.2, 0.25) is 11.8 Å². The molecular formula is C18H19N3O2S. The molecule has 0 aliphatic carbocycles. The smallest absolute Gasteiger partial charge is 0.236 e. The van der Waals surface area contributed by atoms with Crippen LogP contribution in [0, 0.1) is 6.92 Å². The van der Waals surface area contributed by atoms with Gasteiger partial charge in [-0.15, -0.1) is 11.3 Å². The first kappa shape index (κ1) is 16.4. The number of pyridine rings is 1. The van der Waals surface area contributed by atoms with Crippen LogP contribution in [0.4, 0.5) is 0 Å². The summed E-state index contributed by atoms with van der Waals surface area (Å²) in [4.78, 5) is 23.8. The van der Waals surface area contributed by atoms with Gasteiger partial charge in [0.05, 0.1) is 17.0 Å². The topological polar surface area (TPSA) is 59.2 Å². The van der Waals surface area contributed by atoms with E-state index >= 15 is 0 Å². The second kappa shape index (κ2) is 7.40. The molecule has 3 aromatic heterocycles. The van der Waals surface area contributed by atoms with Gasteiger partial charge in [-0.2, -0.15) is 0 Å². The van der Waals surface area contributed by atoms with Crippen molar-refractivity contribution in [1.82, 2.24) is 14.9 Å². The van der Waals surface area contributed by atoms with Crippen LogP contribution in [-0.4, -0.2) is 34.4 Å². The monoisotopic (exact) mass is 341 g/mol. The minimum Gasteiger partial charge on any atom is -0.440 e. The molecule has 0 fully saturated rings. The zero-order chi connectivity index (χ0) is 16.9. The van der Waals surface area contributed by atoms with E-state index in [1.165, 1.54) is 0 Å². The SMILES string of the molecule is Cc1oc(-c2cccs2)nc1CC(=O)N(C)CCc1ccccn1. The summed E-state index contributed by atoms with van der Waals surface area (Å²) in [5, 5.41) is 1.98. The number of oxazole rings is 1. The summed E-state index contributed by atoms with van der Waals surface area (Å²) >= 11 is 1.57. The Kier molecular flexibility index (Phi) is 5.05. The van der Waals surface area contributed by atoms with Gasteiger partial charge in [0, 0.05) is 31.9 Å². The van der Waals surface area contributed by atoms with Crippen molar-refractivity contribution in [2.45, 2.75) is 19.8 Å². The molecule has 24 heavy (non-hydrogen) atoms. The van der Waals surface area contributed by atoms with Crippen LogP contribution in [0.25, 0.3) is 10.8 Å². The number of hydrogen-bond acceptors (Lipinski definition) is 5. The van der Waals surface area contributed by atoms with Crippen molar-refractivity contribution < 1.29 is 9.21 Å². The number of aromatic nitrogens is 2. The summed E-state index contributed by atoms with van der Waals surface area (Å²) in [6, 6.07) is 9.72. The number of hydrogen-bond donors (Lipinski definition) is 0. The first-order chi connectivity index (χ1) is 11.6. The van der Waals surface area contributed by atoms with Crippen LogP contribution in [0.3, 0.4) is 0 Å². The molecule has 0 unspecified atom stereocenters. The Morgan fingerprint density at radius 1 is 1.29 bits per heavy atom. The average molecular weight is 341 g/mol. The van der Waals surface area contributed by atoms with Crippen molar-refractivity contribution in [3.05, 3.63) is 59.1 Å². The summed E-state index contributed by atoms with van der Waals surface area (Å²) in [5.41, 5.74) is 1.68. The number of rotatable bonds is 6. The van der Waals surface area contributed by atoms with Gasteiger partial charge >= 0.3 is 0 Å². The van der Waals surface area contributed by atoms with E-state index in [0.717, 1.165) is 17.0 Å². The van der Waals surface area contributed by atoms with Crippen LogP contribution in [0.1, 0.15) is 17.1 Å². The molecule has 0 bridgehead atoms. The molecule has 3 heterocycles. The van der Waals surface area contributed by atoms with Crippen LogP contribution >= 0.6 is 11.3 Å². The van der Waals surface area contributed by atoms with Gasteiger partial charge in [0.25, 0.3) is 0 Å². The highest BCUT2D eigenvalue weighted by atomic mass is 32.1. The largest absolute Gasteiger partial charge is 0.440 e. The van der Waals surface area contributed by atoms with Gasteiger partial charge in [0.1, 0.15) is 5.76 Å². The van der Waals surface area contributed by atoms with Crippen molar-refractivity contribution in [2.75, 3.05) is 13.6 Å². The van der Waals surface area contributed by atoms with E-state index in [0.29, 0.717) is 23.9 Å². The molecule has 0 atom stereocenters. The predicted molar refractivity (Wildman–Crippen MR) is 93.8 cm³/mol. The third kappa shape index (κ3) is 3.89. The van der Waals surface area contributed by atoms with Crippen molar-refractivity contribution in [3.8, 4) is 10.8 Å².